The number of alkyl halides is 2. The normalized spacial score (nSPS) is 12.7. The predicted molar refractivity (Wildman–Crippen MR) is 31.6 cm³/mol. The fourth-order valence-corrected chi connectivity index (χ4v) is 0.356. The highest BCUT2D eigenvalue weighted by molar-refractivity contribution is 4.54. The van der Waals surface area contributed by atoms with Crippen LogP contribution in [-0.4, -0.2) is 19.5 Å². The molecule has 0 N–H and O–H groups in total. The molecule has 9 heavy (non-hydrogen) atoms. The monoisotopic (exact) mass is 136 g/mol. The van der Waals surface area contributed by atoms with E-state index < -0.39 is 12.8 Å². The van der Waals surface area contributed by atoms with Crippen molar-refractivity contribution in [3.05, 3.63) is 12.8 Å². The van der Waals surface area contributed by atoms with Gasteiger partial charge in [0.25, 0.3) is 0 Å². The van der Waals surface area contributed by atoms with E-state index in [-0.39, 0.29) is 13.0 Å². The molecule has 3 heteroatoms. The Bertz CT molecular complexity index is 75.5. The second-order valence-electron chi connectivity index (χ2n) is 1.58. The molecule has 0 aromatic carbocycles. The molecule has 0 bridgehead atoms. The number of halogens is 2. The maximum Gasteiger partial charge on any atom is 0.132 e. The van der Waals surface area contributed by atoms with Gasteiger partial charge in [0, 0.05) is 6.42 Å². The molecule has 0 radical (unpaired) electrons. The zero-order valence-electron chi connectivity index (χ0n) is 5.15. The lowest BCUT2D eigenvalue weighted by Crippen LogP contribution is -2.05. The number of hydrogen-bond donors (Lipinski definition) is 0. The number of hydrogen-bond acceptors (Lipinski definition) is 1. The molecule has 0 rings (SSSR count). The first-order chi connectivity index (χ1) is 4.31. The summed E-state index contributed by atoms with van der Waals surface area (Å²) in [5.74, 6) is 0. The zero-order chi connectivity index (χ0) is 7.11. The zero-order valence-corrected chi connectivity index (χ0v) is 5.15. The summed E-state index contributed by atoms with van der Waals surface area (Å²) in [7, 11) is 0. The van der Waals surface area contributed by atoms with Crippen molar-refractivity contribution in [1.29, 1.82) is 0 Å². The summed E-state index contributed by atoms with van der Waals surface area (Å²) >= 11 is 0. The second-order valence-corrected chi connectivity index (χ2v) is 1.58. The van der Waals surface area contributed by atoms with Crippen LogP contribution in [-0.2, 0) is 4.74 Å². The van der Waals surface area contributed by atoms with E-state index in [4.69, 9.17) is 0 Å². The summed E-state index contributed by atoms with van der Waals surface area (Å²) in [5.41, 5.74) is 0. The fourth-order valence-electron chi connectivity index (χ4n) is 0.356. The average molecular weight is 136 g/mol. The molecule has 0 heterocycles. The van der Waals surface area contributed by atoms with Crippen molar-refractivity contribution in [2.24, 2.45) is 0 Å². The molecule has 1 unspecified atom stereocenters. The molecule has 0 amide bonds. The SMILES string of the molecule is C=COCCC(F)CF. The third kappa shape index (κ3) is 5.27. The maximum absolute atomic E-state index is 12.0. The molecule has 1 nitrogen and oxygen atoms in total. The first kappa shape index (κ1) is 8.40. The van der Waals surface area contributed by atoms with Crippen molar-refractivity contribution in [2.75, 3.05) is 13.3 Å². The summed E-state index contributed by atoms with van der Waals surface area (Å²) in [5, 5.41) is 0. The Kier molecular flexibility index (Phi) is 5.17. The van der Waals surface area contributed by atoms with E-state index in [1.807, 2.05) is 0 Å². The smallest absolute Gasteiger partial charge is 0.132 e. The summed E-state index contributed by atoms with van der Waals surface area (Å²) < 4.78 is 27.9. The van der Waals surface area contributed by atoms with Crippen LogP contribution in [0.4, 0.5) is 8.78 Å². The van der Waals surface area contributed by atoms with Crippen molar-refractivity contribution < 1.29 is 13.5 Å². The highest BCUT2D eigenvalue weighted by Gasteiger charge is 2.03. The topological polar surface area (TPSA) is 9.23 Å². The Morgan fingerprint density at radius 2 is 2.33 bits per heavy atom. The minimum atomic E-state index is -1.38. The molecule has 0 aliphatic heterocycles. The summed E-state index contributed by atoms with van der Waals surface area (Å²) in [6, 6.07) is 0. The van der Waals surface area contributed by atoms with Gasteiger partial charge in [0.15, 0.2) is 0 Å². The van der Waals surface area contributed by atoms with Crippen LogP contribution >= 0.6 is 0 Å². The summed E-state index contributed by atoms with van der Waals surface area (Å²) in [6.45, 7) is 2.52. The van der Waals surface area contributed by atoms with Crippen LogP contribution < -0.4 is 0 Å². The quantitative estimate of drug-likeness (QED) is 0.414. The van der Waals surface area contributed by atoms with Gasteiger partial charge in [-0.3, -0.25) is 0 Å². The minimum absolute atomic E-state index is 0.0997. The van der Waals surface area contributed by atoms with Crippen LogP contribution in [0.5, 0.6) is 0 Å². The number of rotatable bonds is 5. The van der Waals surface area contributed by atoms with E-state index in [9.17, 15) is 8.78 Å². The van der Waals surface area contributed by atoms with Crippen LogP contribution in [0, 0.1) is 0 Å². The molecule has 0 saturated heterocycles. The molecule has 0 fully saturated rings. The van der Waals surface area contributed by atoms with Gasteiger partial charge in [-0.2, -0.15) is 0 Å². The lowest BCUT2D eigenvalue weighted by atomic mass is 10.3. The van der Waals surface area contributed by atoms with Crippen molar-refractivity contribution in [3.8, 4) is 0 Å². The predicted octanol–water partition coefficient (Wildman–Crippen LogP) is 1.84. The van der Waals surface area contributed by atoms with Crippen LogP contribution in [0.2, 0.25) is 0 Å². The lowest BCUT2D eigenvalue weighted by molar-refractivity contribution is 0.176. The van der Waals surface area contributed by atoms with Gasteiger partial charge in [-0.1, -0.05) is 6.58 Å². The van der Waals surface area contributed by atoms with Gasteiger partial charge in [-0.05, 0) is 0 Å². The molecule has 0 aliphatic carbocycles. The maximum atomic E-state index is 12.0. The third-order valence-electron chi connectivity index (χ3n) is 0.834. The molecular formula is C6H10F2O. The highest BCUT2D eigenvalue weighted by Crippen LogP contribution is 1.98. The molecule has 0 aromatic rings. The van der Waals surface area contributed by atoms with Crippen LogP contribution in [0.15, 0.2) is 12.8 Å². The second kappa shape index (κ2) is 5.54. The number of ether oxygens (including phenoxy) is 1. The van der Waals surface area contributed by atoms with Crippen molar-refractivity contribution in [2.45, 2.75) is 12.6 Å². The summed E-state index contributed by atoms with van der Waals surface area (Å²) in [4.78, 5) is 0. The van der Waals surface area contributed by atoms with Crippen molar-refractivity contribution in [3.63, 3.8) is 0 Å². The third-order valence-corrected chi connectivity index (χ3v) is 0.834. The van der Waals surface area contributed by atoms with E-state index in [1.165, 1.54) is 6.26 Å². The van der Waals surface area contributed by atoms with E-state index in [2.05, 4.69) is 11.3 Å². The van der Waals surface area contributed by atoms with Crippen LogP contribution in [0.25, 0.3) is 0 Å². The van der Waals surface area contributed by atoms with Gasteiger partial charge in [0.1, 0.15) is 12.8 Å². The standard InChI is InChI=1S/C6H10F2O/c1-2-9-4-3-6(8)5-7/h2,6H,1,3-5H2. The van der Waals surface area contributed by atoms with Crippen molar-refractivity contribution >= 4 is 0 Å². The molecule has 0 aromatic heterocycles. The minimum Gasteiger partial charge on any atom is -0.502 e. The molecule has 0 spiro atoms. The largest absolute Gasteiger partial charge is 0.502 e. The first-order valence-corrected chi connectivity index (χ1v) is 2.73. The fraction of sp³-hybridized carbons (Fsp3) is 0.667. The lowest BCUT2D eigenvalue weighted by Gasteiger charge is -2.01. The molecular weight excluding hydrogens is 126 g/mol. The van der Waals surface area contributed by atoms with Crippen LogP contribution in [0.1, 0.15) is 6.42 Å². The molecule has 54 valence electrons. The first-order valence-electron chi connectivity index (χ1n) is 2.73. The van der Waals surface area contributed by atoms with Gasteiger partial charge in [0.2, 0.25) is 0 Å². The van der Waals surface area contributed by atoms with Gasteiger partial charge in [0.05, 0.1) is 12.9 Å². The van der Waals surface area contributed by atoms with Gasteiger partial charge >= 0.3 is 0 Å². The highest BCUT2D eigenvalue weighted by atomic mass is 19.2. The van der Waals surface area contributed by atoms with Gasteiger partial charge < -0.3 is 4.74 Å². The van der Waals surface area contributed by atoms with E-state index in [0.29, 0.717) is 0 Å². The van der Waals surface area contributed by atoms with Gasteiger partial charge in [-0.15, -0.1) is 0 Å². The molecule has 0 saturated carbocycles. The Hall–Kier alpha value is -0.600. The Morgan fingerprint density at radius 3 is 2.78 bits per heavy atom. The van der Waals surface area contributed by atoms with E-state index in [1.54, 1.807) is 0 Å². The van der Waals surface area contributed by atoms with Crippen molar-refractivity contribution in [1.82, 2.24) is 0 Å². The molecule has 0 aliphatic rings. The Labute approximate surface area is 53.3 Å². The summed E-state index contributed by atoms with van der Waals surface area (Å²) in [6.07, 6.45) is -0.0713. The average Bonchev–Trinajstić information content (AvgIpc) is 1.89. The van der Waals surface area contributed by atoms with Gasteiger partial charge in [-0.25, -0.2) is 8.78 Å². The van der Waals surface area contributed by atoms with E-state index in [0.717, 1.165) is 0 Å². The van der Waals surface area contributed by atoms with Crippen LogP contribution in [0.3, 0.4) is 0 Å². The molecule has 1 atom stereocenters. The van der Waals surface area contributed by atoms with E-state index >= 15 is 0 Å². The Morgan fingerprint density at radius 1 is 1.67 bits per heavy atom. The Balaban J connectivity index is 2.96.